The summed E-state index contributed by atoms with van der Waals surface area (Å²) < 4.78 is 0. The Balaban J connectivity index is 2.84. The highest BCUT2D eigenvalue weighted by Gasteiger charge is 2.21. The zero-order valence-electron chi connectivity index (χ0n) is 10.1. The number of primary amides is 1. The van der Waals surface area contributed by atoms with Crippen LogP contribution in [0.1, 0.15) is 37.0 Å². The van der Waals surface area contributed by atoms with Crippen molar-refractivity contribution in [2.45, 2.75) is 32.2 Å². The molecule has 1 amide bonds. The Morgan fingerprint density at radius 1 is 1.65 bits per heavy atom. The summed E-state index contributed by atoms with van der Waals surface area (Å²) in [6.45, 7) is 5.14. The van der Waals surface area contributed by atoms with Gasteiger partial charge in [0, 0.05) is 5.38 Å². The van der Waals surface area contributed by atoms with Gasteiger partial charge in [0.1, 0.15) is 5.01 Å². The van der Waals surface area contributed by atoms with Gasteiger partial charge in [-0.05, 0) is 13.0 Å². The second-order valence-electron chi connectivity index (χ2n) is 3.76. The van der Waals surface area contributed by atoms with Crippen molar-refractivity contribution < 1.29 is 4.79 Å². The monoisotopic (exact) mass is 275 g/mol. The normalized spacial score (nSPS) is 12.9. The van der Waals surface area contributed by atoms with Gasteiger partial charge in [0.25, 0.3) is 0 Å². The first-order valence-corrected chi connectivity index (χ1v) is 7.06. The van der Waals surface area contributed by atoms with E-state index in [2.05, 4.69) is 11.9 Å². The van der Waals surface area contributed by atoms with Gasteiger partial charge in [-0.15, -0.1) is 22.9 Å². The van der Waals surface area contributed by atoms with E-state index in [1.807, 2.05) is 17.2 Å². The molecule has 1 aromatic heterocycles. The number of carbonyl (C=O) groups is 1. The van der Waals surface area contributed by atoms with Crippen LogP contribution in [0.5, 0.6) is 0 Å². The second-order valence-corrected chi connectivity index (χ2v) is 4.92. The number of carbonyl (C=O) groups excluding carboxylic acids is 1. The van der Waals surface area contributed by atoms with Gasteiger partial charge < -0.3 is 5.73 Å². The highest BCUT2D eigenvalue weighted by atomic mass is 35.5. The molecule has 6 heteroatoms. The van der Waals surface area contributed by atoms with Crippen molar-refractivity contribution in [1.82, 2.24) is 9.88 Å². The molecule has 2 N–H and O–H groups in total. The van der Waals surface area contributed by atoms with Crippen molar-refractivity contribution >= 4 is 28.8 Å². The lowest BCUT2D eigenvalue weighted by molar-refractivity contribution is -0.119. The number of aromatic nitrogens is 1. The smallest absolute Gasteiger partial charge is 0.231 e. The van der Waals surface area contributed by atoms with Crippen LogP contribution in [0.4, 0.5) is 0 Å². The van der Waals surface area contributed by atoms with Crippen molar-refractivity contribution in [3.8, 4) is 0 Å². The number of amides is 1. The van der Waals surface area contributed by atoms with Crippen molar-refractivity contribution in [2.24, 2.45) is 5.73 Å². The van der Waals surface area contributed by atoms with Gasteiger partial charge in [-0.2, -0.15) is 0 Å². The van der Waals surface area contributed by atoms with Crippen LogP contribution >= 0.6 is 22.9 Å². The summed E-state index contributed by atoms with van der Waals surface area (Å²) in [5.41, 5.74) is 6.14. The van der Waals surface area contributed by atoms with E-state index in [1.54, 1.807) is 11.3 Å². The number of hydrogen-bond donors (Lipinski definition) is 1. The first-order chi connectivity index (χ1) is 8.12. The molecule has 0 fully saturated rings. The van der Waals surface area contributed by atoms with Crippen LogP contribution in [0.2, 0.25) is 0 Å². The van der Waals surface area contributed by atoms with Crippen LogP contribution in [-0.4, -0.2) is 28.9 Å². The SMILES string of the molecule is CCC(c1nc(CCl)cs1)N(CC)CC(N)=O. The number of rotatable bonds is 7. The molecule has 1 rings (SSSR count). The minimum atomic E-state index is -0.306. The molecule has 0 radical (unpaired) electrons. The summed E-state index contributed by atoms with van der Waals surface area (Å²) in [7, 11) is 0. The lowest BCUT2D eigenvalue weighted by atomic mass is 10.2. The van der Waals surface area contributed by atoms with Crippen LogP contribution in [0, 0.1) is 0 Å². The molecule has 0 saturated heterocycles. The quantitative estimate of drug-likeness (QED) is 0.776. The van der Waals surface area contributed by atoms with Gasteiger partial charge in [-0.3, -0.25) is 9.69 Å². The Morgan fingerprint density at radius 2 is 2.35 bits per heavy atom. The largest absolute Gasteiger partial charge is 0.369 e. The number of halogens is 1. The highest BCUT2D eigenvalue weighted by Crippen LogP contribution is 2.27. The maximum Gasteiger partial charge on any atom is 0.231 e. The van der Waals surface area contributed by atoms with Crippen LogP contribution in [0.3, 0.4) is 0 Å². The second kappa shape index (κ2) is 6.93. The third-order valence-corrected chi connectivity index (χ3v) is 3.85. The molecule has 0 saturated carbocycles. The van der Waals surface area contributed by atoms with Crippen LogP contribution in [-0.2, 0) is 10.7 Å². The van der Waals surface area contributed by atoms with Gasteiger partial charge in [0.2, 0.25) is 5.91 Å². The predicted molar refractivity (Wildman–Crippen MR) is 71.1 cm³/mol. The minimum Gasteiger partial charge on any atom is -0.369 e. The summed E-state index contributed by atoms with van der Waals surface area (Å²) in [4.78, 5) is 17.5. The molecule has 96 valence electrons. The molecule has 1 atom stereocenters. The molecule has 0 aliphatic rings. The average Bonchev–Trinajstić information content (AvgIpc) is 2.76. The first kappa shape index (κ1) is 14.4. The van der Waals surface area contributed by atoms with Crippen LogP contribution < -0.4 is 5.73 Å². The molecule has 1 heterocycles. The lowest BCUT2D eigenvalue weighted by Gasteiger charge is -2.27. The Hall–Kier alpha value is -0.650. The third kappa shape index (κ3) is 3.94. The zero-order chi connectivity index (χ0) is 12.8. The van der Waals surface area contributed by atoms with Crippen molar-refractivity contribution in [2.75, 3.05) is 13.1 Å². The fourth-order valence-corrected chi connectivity index (χ4v) is 3.03. The molecule has 4 nitrogen and oxygen atoms in total. The van der Waals surface area contributed by atoms with E-state index >= 15 is 0 Å². The van der Waals surface area contributed by atoms with Gasteiger partial charge in [0.05, 0.1) is 24.2 Å². The molecule has 1 aromatic rings. The molecule has 0 aromatic carbocycles. The number of likely N-dealkylation sites (N-methyl/N-ethyl adjacent to an activating group) is 1. The summed E-state index contributed by atoms with van der Waals surface area (Å²) in [5.74, 6) is 0.119. The van der Waals surface area contributed by atoms with Gasteiger partial charge >= 0.3 is 0 Å². The molecule has 0 aliphatic carbocycles. The van der Waals surface area contributed by atoms with E-state index in [1.165, 1.54) is 0 Å². The van der Waals surface area contributed by atoms with E-state index < -0.39 is 0 Å². The fourth-order valence-electron chi connectivity index (χ4n) is 1.77. The molecule has 1 unspecified atom stereocenters. The lowest BCUT2D eigenvalue weighted by Crippen LogP contribution is -2.36. The van der Waals surface area contributed by atoms with Gasteiger partial charge in [-0.1, -0.05) is 13.8 Å². The maximum absolute atomic E-state index is 11.0. The number of thiazole rings is 1. The van der Waals surface area contributed by atoms with Gasteiger partial charge in [-0.25, -0.2) is 4.98 Å². The number of hydrogen-bond acceptors (Lipinski definition) is 4. The van der Waals surface area contributed by atoms with Crippen molar-refractivity contribution in [1.29, 1.82) is 0 Å². The van der Waals surface area contributed by atoms with E-state index in [0.29, 0.717) is 5.88 Å². The van der Waals surface area contributed by atoms with E-state index in [9.17, 15) is 4.79 Å². The Morgan fingerprint density at radius 3 is 2.76 bits per heavy atom. The van der Waals surface area contributed by atoms with Gasteiger partial charge in [0.15, 0.2) is 0 Å². The van der Waals surface area contributed by atoms with Crippen LogP contribution in [0.25, 0.3) is 0 Å². The molecular formula is C11H18ClN3OS. The zero-order valence-corrected chi connectivity index (χ0v) is 11.7. The summed E-state index contributed by atoms with van der Waals surface area (Å²) in [5, 5.41) is 2.97. The van der Waals surface area contributed by atoms with E-state index in [4.69, 9.17) is 17.3 Å². The third-order valence-electron chi connectivity index (χ3n) is 2.58. The molecule has 0 aliphatic heterocycles. The van der Waals surface area contributed by atoms with Crippen LogP contribution in [0.15, 0.2) is 5.38 Å². The van der Waals surface area contributed by atoms with Crippen molar-refractivity contribution in [3.05, 3.63) is 16.1 Å². The maximum atomic E-state index is 11.0. The molecular weight excluding hydrogens is 258 g/mol. The first-order valence-electron chi connectivity index (χ1n) is 5.64. The topological polar surface area (TPSA) is 59.2 Å². The summed E-state index contributed by atoms with van der Waals surface area (Å²) in [6.07, 6.45) is 0.899. The Labute approximate surface area is 111 Å². The minimum absolute atomic E-state index is 0.148. The summed E-state index contributed by atoms with van der Waals surface area (Å²) in [6, 6.07) is 0.148. The Bertz CT molecular complexity index is 369. The standard InChI is InChI=1S/C11H18ClN3OS/c1-3-9(15(4-2)6-10(13)16)11-14-8(5-12)7-17-11/h7,9H,3-6H2,1-2H3,(H2,13,16). The highest BCUT2D eigenvalue weighted by molar-refractivity contribution is 7.09. The predicted octanol–water partition coefficient (Wildman–Crippen LogP) is 2.14. The van der Waals surface area contributed by atoms with Crippen molar-refractivity contribution in [3.63, 3.8) is 0 Å². The number of nitrogens with zero attached hydrogens (tertiary/aromatic N) is 2. The fraction of sp³-hybridized carbons (Fsp3) is 0.636. The number of alkyl halides is 1. The number of nitrogens with two attached hydrogens (primary N) is 1. The van der Waals surface area contributed by atoms with E-state index in [0.717, 1.165) is 23.7 Å². The Kier molecular flexibility index (Phi) is 5.88. The summed E-state index contributed by atoms with van der Waals surface area (Å²) >= 11 is 7.33. The molecule has 0 bridgehead atoms. The molecule has 0 spiro atoms. The average molecular weight is 276 g/mol. The van der Waals surface area contributed by atoms with E-state index in [-0.39, 0.29) is 18.5 Å². The molecule has 17 heavy (non-hydrogen) atoms.